The molecule has 0 fully saturated rings. The van der Waals surface area contributed by atoms with Gasteiger partial charge in [-0.3, -0.25) is 4.79 Å². The number of rotatable bonds is 5. The minimum absolute atomic E-state index is 0.219. The molecule has 2 unspecified atom stereocenters. The molecule has 0 radical (unpaired) electrons. The van der Waals surface area contributed by atoms with Crippen molar-refractivity contribution in [3.63, 3.8) is 0 Å². The highest BCUT2D eigenvalue weighted by molar-refractivity contribution is 6.23. The van der Waals surface area contributed by atoms with Crippen molar-refractivity contribution in [1.29, 1.82) is 0 Å². The Morgan fingerprint density at radius 2 is 1.83 bits per heavy atom. The van der Waals surface area contributed by atoms with E-state index >= 15 is 0 Å². The van der Waals surface area contributed by atoms with Crippen molar-refractivity contribution in [2.75, 3.05) is 6.61 Å². The summed E-state index contributed by atoms with van der Waals surface area (Å²) in [5.41, 5.74) is -2.35. The van der Waals surface area contributed by atoms with Gasteiger partial charge in [0.1, 0.15) is 5.60 Å². The third-order valence-electron chi connectivity index (χ3n) is 2.00. The molecule has 5 nitrogen and oxygen atoms in total. The largest absolute Gasteiger partial charge is 0.456 e. The molecular formula is C12H22ClNO4. The number of ether oxygens (including phenoxy) is 2. The number of carbonyl (C=O) groups is 2. The van der Waals surface area contributed by atoms with Crippen molar-refractivity contribution in [3.8, 4) is 0 Å². The Morgan fingerprint density at radius 3 is 2.11 bits per heavy atom. The van der Waals surface area contributed by atoms with E-state index < -0.39 is 28.6 Å². The fourth-order valence-corrected chi connectivity index (χ4v) is 1.57. The second-order valence-corrected chi connectivity index (χ2v) is 5.62. The van der Waals surface area contributed by atoms with Gasteiger partial charge in [-0.2, -0.15) is 0 Å². The summed E-state index contributed by atoms with van der Waals surface area (Å²) < 4.78 is 10.6. The molecule has 0 aromatic heterocycles. The van der Waals surface area contributed by atoms with Crippen LogP contribution in [0.25, 0.3) is 0 Å². The van der Waals surface area contributed by atoms with Crippen LogP contribution in [0.4, 0.5) is 0 Å². The molecule has 0 saturated carbocycles. The van der Waals surface area contributed by atoms with Gasteiger partial charge in [0, 0.05) is 13.5 Å². The summed E-state index contributed by atoms with van der Waals surface area (Å²) in [7, 11) is 0. The first-order valence-corrected chi connectivity index (χ1v) is 6.29. The molecule has 0 rings (SSSR count). The molecule has 0 aliphatic heterocycles. The van der Waals surface area contributed by atoms with Crippen LogP contribution in [0.15, 0.2) is 0 Å². The Kier molecular flexibility index (Phi) is 6.10. The van der Waals surface area contributed by atoms with Crippen molar-refractivity contribution < 1.29 is 19.1 Å². The SMILES string of the molecule is CCOC(NC(C)=O)(C(=O)OC(C)(C)C)C(C)Cl. The minimum atomic E-state index is -1.66. The molecule has 18 heavy (non-hydrogen) atoms. The molecule has 0 aliphatic rings. The average molecular weight is 280 g/mol. The Morgan fingerprint density at radius 1 is 1.33 bits per heavy atom. The number of halogens is 1. The van der Waals surface area contributed by atoms with Crippen molar-refractivity contribution >= 4 is 23.5 Å². The number of alkyl halides is 1. The molecule has 1 amide bonds. The molecule has 0 aliphatic carbocycles. The lowest BCUT2D eigenvalue weighted by Crippen LogP contribution is -2.62. The predicted molar refractivity (Wildman–Crippen MR) is 69.3 cm³/mol. The van der Waals surface area contributed by atoms with Crippen LogP contribution >= 0.6 is 11.6 Å². The third-order valence-corrected chi connectivity index (χ3v) is 2.30. The minimum Gasteiger partial charge on any atom is -0.456 e. The monoisotopic (exact) mass is 279 g/mol. The molecule has 0 heterocycles. The van der Waals surface area contributed by atoms with Gasteiger partial charge >= 0.3 is 5.97 Å². The fraction of sp³-hybridized carbons (Fsp3) is 0.833. The summed E-state index contributed by atoms with van der Waals surface area (Å²) in [6.45, 7) is 9.97. The quantitative estimate of drug-likeness (QED) is 0.474. The van der Waals surface area contributed by atoms with E-state index in [1.54, 1.807) is 34.6 Å². The highest BCUT2D eigenvalue weighted by Crippen LogP contribution is 2.23. The van der Waals surface area contributed by atoms with E-state index in [-0.39, 0.29) is 6.61 Å². The van der Waals surface area contributed by atoms with Crippen LogP contribution in [0.2, 0.25) is 0 Å². The number of hydrogen-bond donors (Lipinski definition) is 1. The lowest BCUT2D eigenvalue weighted by atomic mass is 10.1. The maximum absolute atomic E-state index is 12.2. The van der Waals surface area contributed by atoms with Crippen molar-refractivity contribution in [3.05, 3.63) is 0 Å². The maximum atomic E-state index is 12.2. The summed E-state index contributed by atoms with van der Waals surface area (Å²) in [6.07, 6.45) is 0. The summed E-state index contributed by atoms with van der Waals surface area (Å²) in [4.78, 5) is 23.5. The Labute approximate surface area is 113 Å². The van der Waals surface area contributed by atoms with E-state index in [1.165, 1.54) is 6.92 Å². The van der Waals surface area contributed by atoms with E-state index in [9.17, 15) is 9.59 Å². The molecule has 0 bridgehead atoms. The Hall–Kier alpha value is -0.810. The number of amides is 1. The normalized spacial score (nSPS) is 16.6. The highest BCUT2D eigenvalue weighted by Gasteiger charge is 2.48. The number of esters is 1. The lowest BCUT2D eigenvalue weighted by molar-refractivity contribution is -0.190. The van der Waals surface area contributed by atoms with Gasteiger partial charge in [-0.1, -0.05) is 0 Å². The third kappa shape index (κ3) is 4.82. The number of carbonyl (C=O) groups excluding carboxylic acids is 2. The van der Waals surface area contributed by atoms with Gasteiger partial charge in [-0.25, -0.2) is 4.79 Å². The zero-order valence-electron chi connectivity index (χ0n) is 11.8. The lowest BCUT2D eigenvalue weighted by Gasteiger charge is -2.36. The number of nitrogens with one attached hydrogen (secondary N) is 1. The van der Waals surface area contributed by atoms with Crippen LogP contribution < -0.4 is 5.32 Å². The zero-order valence-corrected chi connectivity index (χ0v) is 12.6. The Balaban J connectivity index is 5.27. The molecule has 0 spiro atoms. The van der Waals surface area contributed by atoms with Gasteiger partial charge < -0.3 is 14.8 Å². The van der Waals surface area contributed by atoms with Gasteiger partial charge in [0.05, 0.1) is 5.38 Å². The van der Waals surface area contributed by atoms with E-state index in [4.69, 9.17) is 21.1 Å². The second kappa shape index (κ2) is 6.38. The molecule has 0 aromatic carbocycles. The van der Waals surface area contributed by atoms with E-state index in [1.807, 2.05) is 0 Å². The first kappa shape index (κ1) is 17.2. The molecule has 0 saturated heterocycles. The van der Waals surface area contributed by atoms with Crippen molar-refractivity contribution in [2.45, 2.75) is 58.2 Å². The van der Waals surface area contributed by atoms with Crippen molar-refractivity contribution in [1.82, 2.24) is 5.32 Å². The molecule has 106 valence electrons. The van der Waals surface area contributed by atoms with Crippen LogP contribution in [0.1, 0.15) is 41.5 Å². The fourth-order valence-electron chi connectivity index (χ4n) is 1.37. The predicted octanol–water partition coefficient (Wildman–Crippen LogP) is 1.82. The van der Waals surface area contributed by atoms with Crippen LogP contribution in [0.5, 0.6) is 0 Å². The standard InChI is InChI=1S/C12H22ClNO4/c1-7-17-12(8(2)13,14-9(3)15)10(16)18-11(4,5)6/h8H,7H2,1-6H3,(H,14,15). The van der Waals surface area contributed by atoms with Crippen LogP contribution in [-0.2, 0) is 19.1 Å². The summed E-state index contributed by atoms with van der Waals surface area (Å²) in [5.74, 6) is -1.11. The maximum Gasteiger partial charge on any atom is 0.361 e. The molecular weight excluding hydrogens is 258 g/mol. The van der Waals surface area contributed by atoms with E-state index in [2.05, 4.69) is 5.32 Å². The van der Waals surface area contributed by atoms with Gasteiger partial charge in [0.2, 0.25) is 5.91 Å². The molecule has 0 aromatic rings. The first-order chi connectivity index (χ1) is 8.05. The van der Waals surface area contributed by atoms with E-state index in [0.717, 1.165) is 0 Å². The topological polar surface area (TPSA) is 64.6 Å². The zero-order chi connectivity index (χ0) is 14.6. The smallest absolute Gasteiger partial charge is 0.361 e. The molecule has 1 N–H and O–H groups in total. The van der Waals surface area contributed by atoms with Gasteiger partial charge in [0.15, 0.2) is 0 Å². The molecule has 2 atom stereocenters. The van der Waals surface area contributed by atoms with Gasteiger partial charge in [0.25, 0.3) is 5.72 Å². The van der Waals surface area contributed by atoms with Crippen molar-refractivity contribution in [2.24, 2.45) is 0 Å². The van der Waals surface area contributed by atoms with E-state index in [0.29, 0.717) is 0 Å². The second-order valence-electron chi connectivity index (χ2n) is 4.97. The van der Waals surface area contributed by atoms with Crippen LogP contribution in [0, 0.1) is 0 Å². The van der Waals surface area contributed by atoms with Gasteiger partial charge in [-0.05, 0) is 34.6 Å². The van der Waals surface area contributed by atoms with Crippen LogP contribution in [-0.4, -0.2) is 35.2 Å². The first-order valence-electron chi connectivity index (χ1n) is 5.85. The Bertz CT molecular complexity index is 312. The van der Waals surface area contributed by atoms with Gasteiger partial charge in [-0.15, -0.1) is 11.6 Å². The summed E-state index contributed by atoms with van der Waals surface area (Å²) in [5, 5.41) is 1.68. The highest BCUT2D eigenvalue weighted by atomic mass is 35.5. The molecule has 6 heteroatoms. The summed E-state index contributed by atoms with van der Waals surface area (Å²) in [6, 6.07) is 0. The average Bonchev–Trinajstić information content (AvgIpc) is 2.12. The number of hydrogen-bond acceptors (Lipinski definition) is 4. The summed E-state index contributed by atoms with van der Waals surface area (Å²) >= 11 is 6.01. The van der Waals surface area contributed by atoms with Crippen LogP contribution in [0.3, 0.4) is 0 Å².